The number of hydrogen-bond donors (Lipinski definition) is 1. The number of rotatable bonds is 5. The molecule has 1 unspecified atom stereocenters. The minimum absolute atomic E-state index is 0.175. The molecular weight excluding hydrogens is 450 g/mol. The second-order valence-electron chi connectivity index (χ2n) is 10.4. The Morgan fingerprint density at radius 1 is 0.972 bits per heavy atom. The summed E-state index contributed by atoms with van der Waals surface area (Å²) in [6.45, 7) is 10.6. The largest absolute Gasteiger partial charge is 0.366 e. The van der Waals surface area contributed by atoms with Gasteiger partial charge in [0.05, 0.1) is 11.2 Å². The summed E-state index contributed by atoms with van der Waals surface area (Å²) in [6.07, 6.45) is 5.26. The van der Waals surface area contributed by atoms with E-state index in [0.717, 1.165) is 51.3 Å². The predicted octanol–water partition coefficient (Wildman–Crippen LogP) is 2.96. The van der Waals surface area contributed by atoms with E-state index in [4.69, 9.17) is 0 Å². The van der Waals surface area contributed by atoms with Crippen molar-refractivity contribution in [3.63, 3.8) is 0 Å². The lowest BCUT2D eigenvalue weighted by Gasteiger charge is -2.44. The first kappa shape index (κ1) is 23.3. The lowest BCUT2D eigenvalue weighted by Crippen LogP contribution is -2.63. The Hall–Kier alpha value is -3.10. The van der Waals surface area contributed by atoms with Gasteiger partial charge in [0.25, 0.3) is 0 Å². The third-order valence-electron chi connectivity index (χ3n) is 8.37. The van der Waals surface area contributed by atoms with Gasteiger partial charge in [-0.1, -0.05) is 31.2 Å². The molecule has 2 amide bonds. The van der Waals surface area contributed by atoms with E-state index in [2.05, 4.69) is 69.7 Å². The van der Waals surface area contributed by atoms with E-state index in [1.54, 1.807) is 0 Å². The molecule has 6 rings (SSSR count). The highest BCUT2D eigenvalue weighted by Gasteiger charge is 2.33. The van der Waals surface area contributed by atoms with Crippen LogP contribution in [-0.4, -0.2) is 102 Å². The molecule has 1 N–H and O–H groups in total. The molecule has 3 saturated heterocycles. The first-order valence-electron chi connectivity index (χ1n) is 13.4. The number of fused-ring (bicyclic) bond motifs is 1. The summed E-state index contributed by atoms with van der Waals surface area (Å²) >= 11 is 0. The fourth-order valence-corrected chi connectivity index (χ4v) is 5.92. The van der Waals surface area contributed by atoms with Crippen molar-refractivity contribution in [2.45, 2.75) is 25.3 Å². The van der Waals surface area contributed by atoms with E-state index >= 15 is 0 Å². The Morgan fingerprint density at radius 3 is 2.44 bits per heavy atom. The maximum atomic E-state index is 12.8. The second-order valence-corrected chi connectivity index (χ2v) is 10.4. The highest BCUT2D eigenvalue weighted by atomic mass is 16.2. The monoisotopic (exact) mass is 487 g/mol. The Balaban J connectivity index is 1.14. The molecule has 1 atom stereocenters. The molecule has 0 bridgehead atoms. The van der Waals surface area contributed by atoms with Crippen molar-refractivity contribution >= 4 is 17.2 Å². The van der Waals surface area contributed by atoms with Crippen LogP contribution >= 0.6 is 0 Å². The van der Waals surface area contributed by atoms with E-state index in [1.165, 1.54) is 41.9 Å². The minimum atomic E-state index is 0.175. The smallest absolute Gasteiger partial charge is 0.320 e. The Kier molecular flexibility index (Phi) is 6.31. The number of carbonyl (C=O) groups is 1. The van der Waals surface area contributed by atoms with Crippen LogP contribution in [-0.2, 0) is 0 Å². The van der Waals surface area contributed by atoms with Gasteiger partial charge in [0, 0.05) is 69.8 Å². The predicted molar refractivity (Wildman–Crippen MR) is 144 cm³/mol. The van der Waals surface area contributed by atoms with Crippen LogP contribution < -0.4 is 10.2 Å². The number of piperazine rings is 1. The molecule has 0 radical (unpaired) electrons. The van der Waals surface area contributed by atoms with Crippen LogP contribution in [0.15, 0.2) is 48.8 Å². The molecular formula is C28H37N7O. The molecule has 8 heteroatoms. The zero-order valence-corrected chi connectivity index (χ0v) is 21.4. The van der Waals surface area contributed by atoms with Crippen molar-refractivity contribution in [2.24, 2.45) is 0 Å². The number of nitrogens with zero attached hydrogens (tertiary/aromatic N) is 6. The third kappa shape index (κ3) is 4.33. The molecule has 3 fully saturated rings. The number of urea groups is 1. The van der Waals surface area contributed by atoms with E-state index in [0.29, 0.717) is 12.0 Å². The van der Waals surface area contributed by atoms with Crippen molar-refractivity contribution in [3.05, 3.63) is 54.4 Å². The summed E-state index contributed by atoms with van der Waals surface area (Å²) in [5.74, 6) is 0.650. The van der Waals surface area contributed by atoms with Crippen LogP contribution in [0.5, 0.6) is 0 Å². The maximum Gasteiger partial charge on any atom is 0.320 e. The molecule has 36 heavy (non-hydrogen) atoms. The van der Waals surface area contributed by atoms with Crippen LogP contribution in [0.25, 0.3) is 16.6 Å². The van der Waals surface area contributed by atoms with E-state index in [1.807, 2.05) is 27.6 Å². The van der Waals surface area contributed by atoms with Gasteiger partial charge in [-0.15, -0.1) is 0 Å². The molecule has 0 saturated carbocycles. The number of likely N-dealkylation sites (tertiary alicyclic amines) is 2. The van der Waals surface area contributed by atoms with Gasteiger partial charge in [-0.2, -0.15) is 5.10 Å². The van der Waals surface area contributed by atoms with E-state index in [9.17, 15) is 4.79 Å². The lowest BCUT2D eigenvalue weighted by molar-refractivity contribution is 0.105. The van der Waals surface area contributed by atoms with Gasteiger partial charge in [-0.25, -0.2) is 9.31 Å². The minimum Gasteiger partial charge on any atom is -0.366 e. The molecule has 1 aromatic carbocycles. The molecule has 2 aromatic heterocycles. The van der Waals surface area contributed by atoms with Crippen LogP contribution in [0.1, 0.15) is 24.8 Å². The van der Waals surface area contributed by atoms with Gasteiger partial charge in [0.1, 0.15) is 0 Å². The van der Waals surface area contributed by atoms with Gasteiger partial charge in [-0.3, -0.25) is 0 Å². The molecule has 190 valence electrons. The van der Waals surface area contributed by atoms with Gasteiger partial charge in [-0.05, 0) is 55.7 Å². The van der Waals surface area contributed by atoms with Crippen LogP contribution in [0.3, 0.4) is 0 Å². The number of benzene rings is 1. The van der Waals surface area contributed by atoms with Gasteiger partial charge in [0.2, 0.25) is 0 Å². The van der Waals surface area contributed by atoms with Crippen LogP contribution in [0.4, 0.5) is 10.5 Å². The Labute approximate surface area is 213 Å². The number of nitrogens with one attached hydrogen (secondary N) is 1. The quantitative estimate of drug-likeness (QED) is 0.600. The van der Waals surface area contributed by atoms with Crippen molar-refractivity contribution in [2.75, 3.05) is 70.9 Å². The van der Waals surface area contributed by atoms with Crippen molar-refractivity contribution in [1.82, 2.24) is 29.6 Å². The number of amides is 2. The summed E-state index contributed by atoms with van der Waals surface area (Å²) in [4.78, 5) is 21.6. The molecule has 3 aliphatic heterocycles. The first-order chi connectivity index (χ1) is 17.6. The Bertz CT molecular complexity index is 1210. The van der Waals surface area contributed by atoms with Crippen molar-refractivity contribution in [1.29, 1.82) is 0 Å². The average Bonchev–Trinajstić information content (AvgIpc) is 3.55. The van der Waals surface area contributed by atoms with Crippen LogP contribution in [0, 0.1) is 0 Å². The average molecular weight is 488 g/mol. The number of hydrogen-bond acceptors (Lipinski definition) is 5. The van der Waals surface area contributed by atoms with Crippen LogP contribution in [0.2, 0.25) is 0 Å². The summed E-state index contributed by atoms with van der Waals surface area (Å²) < 4.78 is 1.99. The van der Waals surface area contributed by atoms with E-state index in [-0.39, 0.29) is 6.03 Å². The van der Waals surface area contributed by atoms with Gasteiger partial charge >= 0.3 is 6.03 Å². The number of carbonyl (C=O) groups excluding carboxylic acids is 1. The lowest BCUT2D eigenvalue weighted by atomic mass is 9.96. The Morgan fingerprint density at radius 2 is 1.75 bits per heavy atom. The normalized spacial score (nSPS) is 21.4. The highest BCUT2D eigenvalue weighted by molar-refractivity contribution is 5.80. The standard InChI is InChI=1S/C28H37N7O/c1-3-31-11-9-23(17-31)21-4-6-22(7-5-21)24-16-27-26(8-10-30-35(27)18-24)32-12-14-33(15-13-32)28(36)34-19-25(20-34)29-2/h4-8,10,16,18,23,25,29H,3,9,11-15,17,19-20H2,1-2H3. The highest BCUT2D eigenvalue weighted by Crippen LogP contribution is 2.32. The molecule has 5 heterocycles. The number of likely N-dealkylation sites (N-methyl/N-ethyl adjacent to an activating group) is 2. The van der Waals surface area contributed by atoms with E-state index < -0.39 is 0 Å². The SMILES string of the molecule is CCN1CCC(c2ccc(-c3cc4c(N5CCN(C(=O)N6CC(NC)C6)CC5)ccnn4c3)cc2)C1. The fraction of sp³-hybridized carbons (Fsp3) is 0.500. The number of anilines is 1. The maximum absolute atomic E-state index is 12.8. The molecule has 8 nitrogen and oxygen atoms in total. The zero-order valence-electron chi connectivity index (χ0n) is 21.4. The molecule has 3 aromatic rings. The summed E-state index contributed by atoms with van der Waals surface area (Å²) in [5.41, 5.74) is 6.17. The summed E-state index contributed by atoms with van der Waals surface area (Å²) in [6, 6.07) is 14.1. The van der Waals surface area contributed by atoms with Crippen molar-refractivity contribution < 1.29 is 4.79 Å². The molecule has 0 aliphatic carbocycles. The number of aromatic nitrogens is 2. The molecule has 0 spiro atoms. The second kappa shape index (κ2) is 9.75. The van der Waals surface area contributed by atoms with Gasteiger partial charge in [0.15, 0.2) is 0 Å². The first-order valence-corrected chi connectivity index (χ1v) is 13.4. The topological polar surface area (TPSA) is 59.4 Å². The van der Waals surface area contributed by atoms with Gasteiger partial charge < -0.3 is 24.9 Å². The molecule has 3 aliphatic rings. The summed E-state index contributed by atoms with van der Waals surface area (Å²) in [5, 5.41) is 7.83. The zero-order chi connectivity index (χ0) is 24.6. The van der Waals surface area contributed by atoms with Crippen molar-refractivity contribution in [3.8, 4) is 11.1 Å². The third-order valence-corrected chi connectivity index (χ3v) is 8.37. The fourth-order valence-electron chi connectivity index (χ4n) is 5.92. The summed E-state index contributed by atoms with van der Waals surface area (Å²) in [7, 11) is 1.96.